The van der Waals surface area contributed by atoms with Gasteiger partial charge in [-0.1, -0.05) is 0 Å². The van der Waals surface area contributed by atoms with E-state index in [-0.39, 0.29) is 81.0 Å². The molecule has 0 aromatic heterocycles. The fourth-order valence-electron chi connectivity index (χ4n) is 0. The molecule has 0 bridgehead atoms. The van der Waals surface area contributed by atoms with Crippen molar-refractivity contribution in [3.8, 4) is 0 Å². The summed E-state index contributed by atoms with van der Waals surface area (Å²) in [6.45, 7) is 0. The van der Waals surface area contributed by atoms with Gasteiger partial charge < -0.3 is 21.9 Å². The molecule has 0 heterocycles. The molecule has 0 aliphatic rings. The molecule has 0 saturated carbocycles. The first-order chi connectivity index (χ1) is 2.00. The van der Waals surface area contributed by atoms with Crippen LogP contribution in [0.15, 0.2) is 0 Å². The zero-order valence-corrected chi connectivity index (χ0v) is 15.1. The third-order valence-corrected chi connectivity index (χ3v) is 0. The van der Waals surface area contributed by atoms with Gasteiger partial charge in [-0.05, 0) is 0 Å². The minimum atomic E-state index is -3.06. The second-order valence-electron chi connectivity index (χ2n) is 0.271. The summed E-state index contributed by atoms with van der Waals surface area (Å²) in [5.74, 6) is 0. The number of halogens is 4. The minimum Gasteiger partial charge on any atom is 1.00 e. The van der Waals surface area contributed by atoms with Crippen LogP contribution in [0.25, 0.3) is 0 Å². The Labute approximate surface area is 128 Å². The van der Waals surface area contributed by atoms with Gasteiger partial charge >= 0.3 is 109 Å². The maximum absolute atomic E-state index is 5.01. The van der Waals surface area contributed by atoms with Crippen LogP contribution in [0.1, 0.15) is 0 Å². The summed E-state index contributed by atoms with van der Waals surface area (Å²) in [7, 11) is 20.0. The summed E-state index contributed by atoms with van der Waals surface area (Å²) in [5, 5.41) is 0. The predicted molar refractivity (Wildman–Crippen MR) is 37.9 cm³/mol. The van der Waals surface area contributed by atoms with Gasteiger partial charge in [-0.25, -0.2) is 0 Å². The predicted octanol–water partition coefficient (Wildman–Crippen LogP) is -6.54. The summed E-state index contributed by atoms with van der Waals surface area (Å²) in [4.78, 5) is 0. The van der Waals surface area contributed by atoms with E-state index in [1.807, 2.05) is 0 Å². The van der Waals surface area contributed by atoms with E-state index in [1.54, 1.807) is 0 Å². The van der Waals surface area contributed by atoms with E-state index in [4.69, 9.17) is 37.7 Å². The van der Waals surface area contributed by atoms with Crippen molar-refractivity contribution in [3.63, 3.8) is 0 Å². The standard InChI is InChI=1S/4ClH.2Na.4H2O.Pt/h4*1H;;;4*1H2;/q;;;;2*+1;;;;;+2/p-4. The average Bonchev–Trinajstić information content (AvgIpc) is 0.722. The molecule has 0 atom stereocenters. The van der Waals surface area contributed by atoms with Gasteiger partial charge in [0.1, 0.15) is 0 Å². The van der Waals surface area contributed by atoms with Gasteiger partial charge in [0, 0.05) is 0 Å². The first-order valence-corrected chi connectivity index (χ1v) is 11.7. The van der Waals surface area contributed by atoms with Crippen molar-refractivity contribution in [3.05, 3.63) is 0 Å². The van der Waals surface area contributed by atoms with Gasteiger partial charge in [0.15, 0.2) is 0 Å². The third kappa shape index (κ3) is 137. The Bertz CT molecular complexity index is 35.6. The normalized spacial score (nSPS) is 6.91. The van der Waals surface area contributed by atoms with Crippen LogP contribution >= 0.6 is 37.7 Å². The number of rotatable bonds is 0. The molecule has 11 heavy (non-hydrogen) atoms. The van der Waals surface area contributed by atoms with Gasteiger partial charge in [-0.2, -0.15) is 0 Å². The Morgan fingerprint density at radius 1 is 0.545 bits per heavy atom. The van der Waals surface area contributed by atoms with Crippen molar-refractivity contribution in [2.75, 3.05) is 0 Å². The van der Waals surface area contributed by atoms with Gasteiger partial charge in [0.25, 0.3) is 0 Å². The maximum Gasteiger partial charge on any atom is 1.00 e. The fraction of sp³-hybridized carbons (Fsp3) is 0. The van der Waals surface area contributed by atoms with E-state index in [9.17, 15) is 0 Å². The van der Waals surface area contributed by atoms with Crippen molar-refractivity contribution in [1.82, 2.24) is 0 Å². The third-order valence-electron chi connectivity index (χ3n) is 0. The Morgan fingerprint density at radius 2 is 0.545 bits per heavy atom. The summed E-state index contributed by atoms with van der Waals surface area (Å²) >= 11 is -3.06. The zero-order valence-electron chi connectivity index (χ0n) is 5.83. The molecule has 0 saturated heterocycles. The number of hydrogen-bond donors (Lipinski definition) is 0. The van der Waals surface area contributed by atoms with E-state index >= 15 is 0 Å². The molecule has 8 N–H and O–H groups in total. The summed E-state index contributed by atoms with van der Waals surface area (Å²) in [6.07, 6.45) is 0. The van der Waals surface area contributed by atoms with Crippen LogP contribution in [0.5, 0.6) is 0 Å². The minimum absolute atomic E-state index is 0. The zero-order chi connectivity index (χ0) is 4.50. The van der Waals surface area contributed by atoms with Crippen molar-refractivity contribution in [2.24, 2.45) is 0 Å². The molecule has 0 aliphatic carbocycles. The first kappa shape index (κ1) is 46.6. The largest absolute Gasteiger partial charge is 1.00 e. The van der Waals surface area contributed by atoms with Crippen molar-refractivity contribution in [1.29, 1.82) is 0 Å². The smallest absolute Gasteiger partial charge is 1.00 e. The molecule has 72 valence electrons. The monoisotopic (exact) mass is 453 g/mol. The second kappa shape index (κ2) is 23.5. The van der Waals surface area contributed by atoms with Crippen molar-refractivity contribution in [2.45, 2.75) is 0 Å². The summed E-state index contributed by atoms with van der Waals surface area (Å²) in [6, 6.07) is 0. The van der Waals surface area contributed by atoms with Crippen LogP contribution in [-0.2, 0) is 11.9 Å². The molecule has 0 radical (unpaired) electrons. The first-order valence-electron chi connectivity index (χ1n) is 0.478. The molecule has 0 aromatic carbocycles. The molecule has 0 amide bonds. The van der Waals surface area contributed by atoms with E-state index < -0.39 is 11.9 Å². The summed E-state index contributed by atoms with van der Waals surface area (Å²) < 4.78 is 0. The van der Waals surface area contributed by atoms with Crippen LogP contribution in [0, 0.1) is 0 Å². The molecule has 4 nitrogen and oxygen atoms in total. The molecule has 0 aliphatic heterocycles. The van der Waals surface area contributed by atoms with Crippen LogP contribution < -0.4 is 59.1 Å². The van der Waals surface area contributed by atoms with E-state index in [1.165, 1.54) is 0 Å². The molecular formula is H8Cl4Na2O4Pt. The van der Waals surface area contributed by atoms with E-state index in [0.29, 0.717) is 0 Å². The van der Waals surface area contributed by atoms with E-state index in [2.05, 4.69) is 0 Å². The van der Waals surface area contributed by atoms with Crippen LogP contribution in [0.4, 0.5) is 0 Å². The Balaban J connectivity index is -0.00000000533. The summed E-state index contributed by atoms with van der Waals surface area (Å²) in [5.41, 5.74) is 0. The van der Waals surface area contributed by atoms with Crippen LogP contribution in [0.2, 0.25) is 0 Å². The molecular weight excluding hydrogens is 447 g/mol. The molecule has 0 rings (SSSR count). The molecule has 0 spiro atoms. The maximum atomic E-state index is 5.01. The average molecular weight is 455 g/mol. The van der Waals surface area contributed by atoms with Gasteiger partial charge in [0.05, 0.1) is 0 Å². The Kier molecular flexibility index (Phi) is 99.4. The molecule has 11 heteroatoms. The van der Waals surface area contributed by atoms with Gasteiger partial charge in [0.2, 0.25) is 0 Å². The molecule has 0 aromatic rings. The van der Waals surface area contributed by atoms with Gasteiger partial charge in [-0.15, -0.1) is 0 Å². The van der Waals surface area contributed by atoms with Crippen LogP contribution in [0.3, 0.4) is 0 Å². The second-order valence-corrected chi connectivity index (χ2v) is 20.0. The Morgan fingerprint density at radius 3 is 0.545 bits per heavy atom. The van der Waals surface area contributed by atoms with Crippen molar-refractivity contribution >= 4 is 37.7 Å². The quantitative estimate of drug-likeness (QED) is 0.323. The molecule has 0 fully saturated rings. The molecule has 0 unspecified atom stereocenters. The van der Waals surface area contributed by atoms with Gasteiger partial charge in [-0.3, -0.25) is 0 Å². The van der Waals surface area contributed by atoms with Crippen LogP contribution in [-0.4, -0.2) is 21.9 Å². The van der Waals surface area contributed by atoms with E-state index in [0.717, 1.165) is 0 Å². The SMILES string of the molecule is O.O.O.O.[Cl][Pt-2]([Cl])([Cl])[Cl].[Na+].[Na+]. The van der Waals surface area contributed by atoms with Crippen molar-refractivity contribution < 1.29 is 92.9 Å². The Hall–Kier alpha value is 3.69. The fourth-order valence-corrected chi connectivity index (χ4v) is 0. The topological polar surface area (TPSA) is 126 Å². The number of hydrogen-bond acceptors (Lipinski definition) is 0.